The second kappa shape index (κ2) is 12.5. The van der Waals surface area contributed by atoms with Gasteiger partial charge in [-0.05, 0) is 91.3 Å². The van der Waals surface area contributed by atoms with E-state index in [1.807, 2.05) is 6.07 Å². The van der Waals surface area contributed by atoms with Gasteiger partial charge in [0.2, 0.25) is 0 Å². The Labute approximate surface area is 302 Å². The van der Waals surface area contributed by atoms with Crippen LogP contribution >= 0.6 is 0 Å². The third kappa shape index (κ3) is 5.04. The third-order valence-electron chi connectivity index (χ3n) is 10.3. The molecule has 0 aliphatic rings. The number of hydrogen-bond donors (Lipinski definition) is 0. The van der Waals surface area contributed by atoms with Crippen molar-refractivity contribution in [2.24, 2.45) is 0 Å². The van der Waals surface area contributed by atoms with Gasteiger partial charge in [-0.2, -0.15) is 0 Å². The van der Waals surface area contributed by atoms with Crippen LogP contribution in [-0.4, -0.2) is 0 Å². The van der Waals surface area contributed by atoms with Crippen molar-refractivity contribution in [1.82, 2.24) is 0 Å². The molecule has 1 heterocycles. The number of benzene rings is 9. The highest BCUT2D eigenvalue weighted by Crippen LogP contribution is 2.46. The smallest absolute Gasteiger partial charge is 0.160 e. The summed E-state index contributed by atoms with van der Waals surface area (Å²) in [4.78, 5) is 2.33. The van der Waals surface area contributed by atoms with Crippen LogP contribution in [0.3, 0.4) is 0 Å². The van der Waals surface area contributed by atoms with Gasteiger partial charge in [-0.1, -0.05) is 164 Å². The van der Waals surface area contributed by atoms with Crippen molar-refractivity contribution in [3.63, 3.8) is 0 Å². The highest BCUT2D eigenvalue weighted by atomic mass is 16.3. The molecule has 52 heavy (non-hydrogen) atoms. The number of para-hydroxylation sites is 1. The van der Waals surface area contributed by atoms with E-state index in [0.717, 1.165) is 50.1 Å². The molecule has 0 spiro atoms. The van der Waals surface area contributed by atoms with Crippen LogP contribution in [0.15, 0.2) is 205 Å². The lowest BCUT2D eigenvalue weighted by molar-refractivity contribution is 0.669. The van der Waals surface area contributed by atoms with Crippen LogP contribution in [0.25, 0.3) is 76.9 Å². The fraction of sp³-hybridized carbons (Fsp3) is 0. The fourth-order valence-electron chi connectivity index (χ4n) is 7.81. The molecule has 2 heteroatoms. The Morgan fingerprint density at radius 1 is 0.327 bits per heavy atom. The summed E-state index contributed by atoms with van der Waals surface area (Å²) >= 11 is 0. The van der Waals surface area contributed by atoms with Gasteiger partial charge in [-0.15, -0.1) is 0 Å². The quantitative estimate of drug-likeness (QED) is 0.176. The lowest BCUT2D eigenvalue weighted by atomic mass is 9.96. The second-order valence-corrected chi connectivity index (χ2v) is 13.3. The molecule has 0 aliphatic carbocycles. The first-order chi connectivity index (χ1) is 25.8. The van der Waals surface area contributed by atoms with E-state index < -0.39 is 0 Å². The average Bonchev–Trinajstić information content (AvgIpc) is 3.62. The first-order valence-electron chi connectivity index (χ1n) is 17.8. The van der Waals surface area contributed by atoms with Crippen molar-refractivity contribution in [3.8, 4) is 33.4 Å². The van der Waals surface area contributed by atoms with Crippen LogP contribution in [-0.2, 0) is 0 Å². The highest BCUT2D eigenvalue weighted by molar-refractivity contribution is 6.17. The molecule has 0 N–H and O–H groups in total. The molecule has 244 valence electrons. The topological polar surface area (TPSA) is 16.4 Å². The standard InChI is InChI=1S/C50H33NO/c1-2-12-36(13-3-1)45-32-33-47(50-49(45)46-20-8-9-23-48(46)52-50)51(39-28-24-37(25-29-39)43-21-10-16-34-14-4-6-18-41(34)43)40-30-26-38(27-31-40)44-22-11-17-35-15-5-7-19-42(35)44/h1-33H. The molecule has 0 saturated heterocycles. The van der Waals surface area contributed by atoms with E-state index in [2.05, 4.69) is 199 Å². The first-order valence-corrected chi connectivity index (χ1v) is 17.8. The van der Waals surface area contributed by atoms with E-state index in [1.54, 1.807) is 0 Å². The molecule has 0 atom stereocenters. The number of furan rings is 1. The van der Waals surface area contributed by atoms with E-state index in [1.165, 1.54) is 43.8 Å². The Balaban J connectivity index is 1.17. The minimum absolute atomic E-state index is 0.860. The van der Waals surface area contributed by atoms with E-state index in [-0.39, 0.29) is 0 Å². The van der Waals surface area contributed by atoms with Gasteiger partial charge < -0.3 is 9.32 Å². The maximum absolute atomic E-state index is 6.81. The molecular weight excluding hydrogens is 631 g/mol. The predicted molar refractivity (Wildman–Crippen MR) is 220 cm³/mol. The molecule has 9 aromatic carbocycles. The Kier molecular flexibility index (Phi) is 7.18. The molecule has 10 aromatic rings. The van der Waals surface area contributed by atoms with Crippen LogP contribution in [0.1, 0.15) is 0 Å². The van der Waals surface area contributed by atoms with Gasteiger partial charge in [0, 0.05) is 22.1 Å². The largest absolute Gasteiger partial charge is 0.454 e. The van der Waals surface area contributed by atoms with Crippen molar-refractivity contribution < 1.29 is 4.42 Å². The zero-order chi connectivity index (χ0) is 34.4. The van der Waals surface area contributed by atoms with Crippen LogP contribution in [0, 0.1) is 0 Å². The van der Waals surface area contributed by atoms with Crippen LogP contribution in [0.2, 0.25) is 0 Å². The summed E-state index contributed by atoms with van der Waals surface area (Å²) in [5, 5.41) is 7.20. The summed E-state index contributed by atoms with van der Waals surface area (Å²) in [5.74, 6) is 0. The van der Waals surface area contributed by atoms with Crippen molar-refractivity contribution >= 4 is 60.5 Å². The molecule has 0 unspecified atom stereocenters. The van der Waals surface area contributed by atoms with Crippen LogP contribution in [0.5, 0.6) is 0 Å². The lowest BCUT2D eigenvalue weighted by Crippen LogP contribution is -2.10. The molecule has 0 amide bonds. The molecule has 1 aromatic heterocycles. The van der Waals surface area contributed by atoms with Gasteiger partial charge in [0.05, 0.1) is 5.69 Å². The molecule has 0 aliphatic heterocycles. The Bertz CT molecular complexity index is 2750. The summed E-state index contributed by atoms with van der Waals surface area (Å²) in [5.41, 5.74) is 12.0. The monoisotopic (exact) mass is 663 g/mol. The van der Waals surface area contributed by atoms with Crippen LogP contribution in [0.4, 0.5) is 17.1 Å². The lowest BCUT2D eigenvalue weighted by Gasteiger charge is -2.26. The van der Waals surface area contributed by atoms with Gasteiger partial charge >= 0.3 is 0 Å². The molecule has 2 nitrogen and oxygen atoms in total. The molecule has 10 rings (SSSR count). The molecular formula is C50H33NO. The zero-order valence-corrected chi connectivity index (χ0v) is 28.4. The first kappa shape index (κ1) is 30.0. The molecule has 0 radical (unpaired) electrons. The Morgan fingerprint density at radius 3 is 1.40 bits per heavy atom. The number of rotatable bonds is 6. The van der Waals surface area contributed by atoms with Crippen molar-refractivity contribution in [1.29, 1.82) is 0 Å². The molecule has 0 saturated carbocycles. The van der Waals surface area contributed by atoms with E-state index in [9.17, 15) is 0 Å². The van der Waals surface area contributed by atoms with Gasteiger partial charge in [-0.3, -0.25) is 0 Å². The number of fused-ring (bicyclic) bond motifs is 5. The number of anilines is 3. The Morgan fingerprint density at radius 2 is 0.808 bits per heavy atom. The van der Waals surface area contributed by atoms with Crippen molar-refractivity contribution in [3.05, 3.63) is 200 Å². The van der Waals surface area contributed by atoms with Gasteiger partial charge in [0.1, 0.15) is 5.58 Å². The fourth-order valence-corrected chi connectivity index (χ4v) is 7.81. The zero-order valence-electron chi connectivity index (χ0n) is 28.4. The normalized spacial score (nSPS) is 11.5. The summed E-state index contributed by atoms with van der Waals surface area (Å²) in [6, 6.07) is 71.5. The molecule has 0 fully saturated rings. The molecule has 0 bridgehead atoms. The van der Waals surface area contributed by atoms with E-state index in [4.69, 9.17) is 4.42 Å². The van der Waals surface area contributed by atoms with Gasteiger partial charge in [0.25, 0.3) is 0 Å². The second-order valence-electron chi connectivity index (χ2n) is 13.3. The van der Waals surface area contributed by atoms with E-state index in [0.29, 0.717) is 0 Å². The van der Waals surface area contributed by atoms with Crippen molar-refractivity contribution in [2.75, 3.05) is 4.90 Å². The van der Waals surface area contributed by atoms with Gasteiger partial charge in [0.15, 0.2) is 5.58 Å². The highest BCUT2D eigenvalue weighted by Gasteiger charge is 2.22. The summed E-state index contributed by atoms with van der Waals surface area (Å²) < 4.78 is 6.81. The third-order valence-corrected chi connectivity index (χ3v) is 10.3. The average molecular weight is 664 g/mol. The number of nitrogens with zero attached hydrogens (tertiary/aromatic N) is 1. The van der Waals surface area contributed by atoms with Gasteiger partial charge in [-0.25, -0.2) is 0 Å². The van der Waals surface area contributed by atoms with Crippen LogP contribution < -0.4 is 4.90 Å². The SMILES string of the molecule is c1ccc(-c2ccc(N(c3ccc(-c4cccc5ccccc45)cc3)c3ccc(-c4cccc5ccccc45)cc3)c3oc4ccccc4c23)cc1. The summed E-state index contributed by atoms with van der Waals surface area (Å²) in [7, 11) is 0. The predicted octanol–water partition coefficient (Wildman–Crippen LogP) is 14.4. The van der Waals surface area contributed by atoms with Crippen molar-refractivity contribution in [2.45, 2.75) is 0 Å². The van der Waals surface area contributed by atoms with E-state index >= 15 is 0 Å². The maximum atomic E-state index is 6.81. The Hall–Kier alpha value is -6.90. The minimum Gasteiger partial charge on any atom is -0.454 e. The minimum atomic E-state index is 0.860. The summed E-state index contributed by atoms with van der Waals surface area (Å²) in [6.07, 6.45) is 0. The summed E-state index contributed by atoms with van der Waals surface area (Å²) in [6.45, 7) is 0. The number of hydrogen-bond acceptors (Lipinski definition) is 2. The maximum Gasteiger partial charge on any atom is 0.160 e.